The lowest BCUT2D eigenvalue weighted by molar-refractivity contribution is 0.0134. The third kappa shape index (κ3) is 3.64. The third-order valence-corrected chi connectivity index (χ3v) is 3.94. The Morgan fingerprint density at radius 1 is 1.40 bits per heavy atom. The molecule has 3 N–H and O–H groups in total. The first-order valence-corrected chi connectivity index (χ1v) is 7.49. The molecule has 0 aromatic carbocycles. The van der Waals surface area contributed by atoms with Gasteiger partial charge in [0.15, 0.2) is 5.82 Å². The van der Waals surface area contributed by atoms with E-state index >= 15 is 0 Å². The molecule has 1 saturated heterocycles. The van der Waals surface area contributed by atoms with E-state index in [9.17, 15) is 0 Å². The van der Waals surface area contributed by atoms with Crippen molar-refractivity contribution in [2.45, 2.75) is 45.6 Å². The van der Waals surface area contributed by atoms with E-state index in [0.29, 0.717) is 16.9 Å². The SMILES string of the molecule is Cc1nnc(NCCC2CCCCO2)c(C(N)=S)c1C. The summed E-state index contributed by atoms with van der Waals surface area (Å²) in [6, 6.07) is 0. The van der Waals surface area contributed by atoms with Crippen LogP contribution in [0, 0.1) is 13.8 Å². The van der Waals surface area contributed by atoms with Gasteiger partial charge in [-0.05, 0) is 45.1 Å². The van der Waals surface area contributed by atoms with Crippen LogP contribution in [-0.2, 0) is 4.74 Å². The molecule has 1 atom stereocenters. The van der Waals surface area contributed by atoms with Gasteiger partial charge >= 0.3 is 0 Å². The number of nitrogens with zero attached hydrogens (tertiary/aromatic N) is 2. The molecule has 5 nitrogen and oxygen atoms in total. The van der Waals surface area contributed by atoms with Crippen LogP contribution in [0.5, 0.6) is 0 Å². The fraction of sp³-hybridized carbons (Fsp3) is 0.643. The maximum absolute atomic E-state index is 5.80. The number of anilines is 1. The molecule has 1 aromatic heterocycles. The van der Waals surface area contributed by atoms with Gasteiger partial charge < -0.3 is 15.8 Å². The molecule has 1 aliphatic heterocycles. The van der Waals surface area contributed by atoms with Crippen LogP contribution in [0.3, 0.4) is 0 Å². The van der Waals surface area contributed by atoms with Gasteiger partial charge in [0, 0.05) is 13.2 Å². The van der Waals surface area contributed by atoms with E-state index in [-0.39, 0.29) is 0 Å². The van der Waals surface area contributed by atoms with E-state index in [1.54, 1.807) is 0 Å². The molecule has 20 heavy (non-hydrogen) atoms. The Morgan fingerprint density at radius 2 is 2.20 bits per heavy atom. The van der Waals surface area contributed by atoms with Crippen LogP contribution >= 0.6 is 12.2 Å². The molecule has 0 amide bonds. The van der Waals surface area contributed by atoms with E-state index in [2.05, 4.69) is 15.5 Å². The first-order chi connectivity index (χ1) is 9.59. The molecule has 0 bridgehead atoms. The lowest BCUT2D eigenvalue weighted by Crippen LogP contribution is -2.23. The molecule has 1 aliphatic rings. The lowest BCUT2D eigenvalue weighted by atomic mass is 10.1. The minimum absolute atomic E-state index is 0.351. The summed E-state index contributed by atoms with van der Waals surface area (Å²) >= 11 is 5.12. The van der Waals surface area contributed by atoms with Gasteiger partial charge in [0.25, 0.3) is 0 Å². The second-order valence-corrected chi connectivity index (χ2v) is 5.64. The molecule has 6 heteroatoms. The van der Waals surface area contributed by atoms with E-state index in [1.807, 2.05) is 13.8 Å². The van der Waals surface area contributed by atoms with Gasteiger partial charge in [-0.15, -0.1) is 5.10 Å². The number of hydrogen-bond donors (Lipinski definition) is 2. The number of rotatable bonds is 5. The van der Waals surface area contributed by atoms with Crippen molar-refractivity contribution in [2.24, 2.45) is 5.73 Å². The van der Waals surface area contributed by atoms with Gasteiger partial charge in [-0.2, -0.15) is 5.10 Å². The normalized spacial score (nSPS) is 18.8. The number of nitrogens with two attached hydrogens (primary N) is 1. The minimum atomic E-state index is 0.351. The van der Waals surface area contributed by atoms with E-state index < -0.39 is 0 Å². The largest absolute Gasteiger partial charge is 0.389 e. The highest BCUT2D eigenvalue weighted by molar-refractivity contribution is 7.80. The standard InChI is InChI=1S/C14H22N4OS/c1-9-10(2)17-18-14(12(9)13(15)20)16-7-6-11-5-3-4-8-19-11/h11H,3-8H2,1-2H3,(H2,15,20)(H,16,18). The van der Waals surface area contributed by atoms with Crippen LogP contribution in [0.4, 0.5) is 5.82 Å². The monoisotopic (exact) mass is 294 g/mol. The summed E-state index contributed by atoms with van der Waals surface area (Å²) in [4.78, 5) is 0.358. The smallest absolute Gasteiger partial charge is 0.159 e. The molecule has 2 heterocycles. The van der Waals surface area contributed by atoms with Crippen molar-refractivity contribution in [2.75, 3.05) is 18.5 Å². The number of nitrogens with one attached hydrogen (secondary N) is 1. The van der Waals surface area contributed by atoms with Gasteiger partial charge in [-0.3, -0.25) is 0 Å². The van der Waals surface area contributed by atoms with E-state index in [4.69, 9.17) is 22.7 Å². The molecular weight excluding hydrogens is 272 g/mol. The molecule has 1 fully saturated rings. The Balaban J connectivity index is 1.98. The molecule has 0 aliphatic carbocycles. The zero-order valence-corrected chi connectivity index (χ0v) is 12.9. The molecule has 2 rings (SSSR count). The summed E-state index contributed by atoms with van der Waals surface area (Å²) in [5.74, 6) is 0.677. The summed E-state index contributed by atoms with van der Waals surface area (Å²) < 4.78 is 5.71. The summed E-state index contributed by atoms with van der Waals surface area (Å²) in [6.07, 6.45) is 4.89. The van der Waals surface area contributed by atoms with Gasteiger partial charge in [0.2, 0.25) is 0 Å². The second-order valence-electron chi connectivity index (χ2n) is 5.20. The Bertz CT molecular complexity index is 486. The van der Waals surface area contributed by atoms with Crippen molar-refractivity contribution in [3.63, 3.8) is 0 Å². The van der Waals surface area contributed by atoms with Crippen LogP contribution in [0.1, 0.15) is 42.5 Å². The predicted octanol–water partition coefficient (Wildman–Crippen LogP) is 2.10. The minimum Gasteiger partial charge on any atom is -0.389 e. The van der Waals surface area contributed by atoms with Crippen molar-refractivity contribution in [1.82, 2.24) is 10.2 Å². The Kier molecular flexibility index (Phi) is 5.25. The summed E-state index contributed by atoms with van der Waals surface area (Å²) in [5, 5.41) is 11.6. The number of aryl methyl sites for hydroxylation is 1. The van der Waals surface area contributed by atoms with Crippen LogP contribution in [0.15, 0.2) is 0 Å². The van der Waals surface area contributed by atoms with Crippen molar-refractivity contribution in [3.8, 4) is 0 Å². The first kappa shape index (κ1) is 15.1. The highest BCUT2D eigenvalue weighted by Gasteiger charge is 2.16. The number of ether oxygens (including phenoxy) is 1. The maximum atomic E-state index is 5.80. The lowest BCUT2D eigenvalue weighted by Gasteiger charge is -2.22. The van der Waals surface area contributed by atoms with Crippen LogP contribution in [0.2, 0.25) is 0 Å². The average molecular weight is 294 g/mol. The molecular formula is C14H22N4OS. The third-order valence-electron chi connectivity index (χ3n) is 3.73. The Hall–Kier alpha value is -1.27. The first-order valence-electron chi connectivity index (χ1n) is 7.08. The van der Waals surface area contributed by atoms with Crippen molar-refractivity contribution < 1.29 is 4.74 Å². The summed E-state index contributed by atoms with van der Waals surface area (Å²) in [5.41, 5.74) is 8.45. The number of hydrogen-bond acceptors (Lipinski definition) is 5. The van der Waals surface area contributed by atoms with Gasteiger partial charge in [-0.25, -0.2) is 0 Å². The number of thiocarbonyl (C=S) groups is 1. The molecule has 0 radical (unpaired) electrons. The number of aromatic nitrogens is 2. The average Bonchev–Trinajstić information content (AvgIpc) is 2.43. The zero-order chi connectivity index (χ0) is 14.5. The van der Waals surface area contributed by atoms with Gasteiger partial charge in [0.1, 0.15) is 4.99 Å². The summed E-state index contributed by atoms with van der Waals surface area (Å²) in [6.45, 7) is 5.54. The van der Waals surface area contributed by atoms with Gasteiger partial charge in [-0.1, -0.05) is 12.2 Å². The molecule has 1 aromatic rings. The Labute approximate surface area is 125 Å². The summed E-state index contributed by atoms with van der Waals surface area (Å²) in [7, 11) is 0. The van der Waals surface area contributed by atoms with Crippen molar-refractivity contribution in [3.05, 3.63) is 16.8 Å². The van der Waals surface area contributed by atoms with E-state index in [1.165, 1.54) is 12.8 Å². The van der Waals surface area contributed by atoms with Gasteiger partial charge in [0.05, 0.1) is 17.4 Å². The molecule has 110 valence electrons. The highest BCUT2D eigenvalue weighted by Crippen LogP contribution is 2.19. The van der Waals surface area contributed by atoms with Crippen molar-refractivity contribution in [1.29, 1.82) is 0 Å². The fourth-order valence-corrected chi connectivity index (χ4v) is 2.67. The van der Waals surface area contributed by atoms with Crippen LogP contribution in [0.25, 0.3) is 0 Å². The molecule has 1 unspecified atom stereocenters. The fourth-order valence-electron chi connectivity index (χ4n) is 2.42. The second kappa shape index (κ2) is 6.95. The predicted molar refractivity (Wildman–Crippen MR) is 84.1 cm³/mol. The zero-order valence-electron chi connectivity index (χ0n) is 12.1. The van der Waals surface area contributed by atoms with Crippen LogP contribution < -0.4 is 11.1 Å². The topological polar surface area (TPSA) is 73.1 Å². The van der Waals surface area contributed by atoms with Crippen LogP contribution in [-0.4, -0.2) is 34.4 Å². The van der Waals surface area contributed by atoms with E-state index in [0.717, 1.165) is 42.8 Å². The Morgan fingerprint density at radius 3 is 2.85 bits per heavy atom. The highest BCUT2D eigenvalue weighted by atomic mass is 32.1. The quantitative estimate of drug-likeness (QED) is 0.810. The van der Waals surface area contributed by atoms with Crippen molar-refractivity contribution >= 4 is 23.0 Å². The molecule has 0 spiro atoms. The molecule has 0 saturated carbocycles. The maximum Gasteiger partial charge on any atom is 0.159 e.